The van der Waals surface area contributed by atoms with Crippen LogP contribution in [0.15, 0.2) is 42.5 Å². The summed E-state index contributed by atoms with van der Waals surface area (Å²) in [4.78, 5) is 11.5. The highest BCUT2D eigenvalue weighted by Gasteiger charge is 2.09. The molecule has 98 valence electrons. The van der Waals surface area contributed by atoms with Crippen molar-refractivity contribution < 1.29 is 14.3 Å². The van der Waals surface area contributed by atoms with Gasteiger partial charge in [-0.25, -0.2) is 0 Å². The van der Waals surface area contributed by atoms with Gasteiger partial charge in [0, 0.05) is 0 Å². The zero-order valence-electron chi connectivity index (χ0n) is 11.3. The van der Waals surface area contributed by atoms with Crippen molar-refractivity contribution in [1.82, 2.24) is 0 Å². The van der Waals surface area contributed by atoms with Crippen LogP contribution in [0.3, 0.4) is 0 Å². The van der Waals surface area contributed by atoms with Crippen LogP contribution >= 0.6 is 0 Å². The van der Waals surface area contributed by atoms with Crippen LogP contribution in [0, 0.1) is 0 Å². The molecule has 0 unspecified atom stereocenters. The minimum Gasteiger partial charge on any atom is -0.497 e. The molecule has 0 aliphatic heterocycles. The van der Waals surface area contributed by atoms with E-state index in [1.165, 1.54) is 6.92 Å². The van der Waals surface area contributed by atoms with E-state index in [0.29, 0.717) is 11.3 Å². The molecule has 19 heavy (non-hydrogen) atoms. The van der Waals surface area contributed by atoms with Crippen molar-refractivity contribution in [1.29, 1.82) is 0 Å². The number of carbonyl (C=O) groups excluding carboxylic acids is 1. The highest BCUT2D eigenvalue weighted by atomic mass is 16.5. The zero-order valence-corrected chi connectivity index (χ0v) is 11.3. The molecule has 0 saturated carbocycles. The predicted molar refractivity (Wildman–Crippen MR) is 75.0 cm³/mol. The van der Waals surface area contributed by atoms with Gasteiger partial charge in [0.05, 0.1) is 19.8 Å². The van der Waals surface area contributed by atoms with Crippen molar-refractivity contribution in [2.24, 2.45) is 0 Å². The first-order chi connectivity index (χ1) is 9.15. The summed E-state index contributed by atoms with van der Waals surface area (Å²) in [5, 5.41) is 0. The predicted octanol–water partition coefficient (Wildman–Crippen LogP) is 3.57. The molecule has 0 heterocycles. The van der Waals surface area contributed by atoms with Gasteiger partial charge in [-0.1, -0.05) is 18.2 Å². The third-order valence-electron chi connectivity index (χ3n) is 3.00. The number of carbonyl (C=O) groups is 1. The van der Waals surface area contributed by atoms with Crippen LogP contribution < -0.4 is 9.47 Å². The van der Waals surface area contributed by atoms with E-state index in [1.807, 2.05) is 36.4 Å². The Morgan fingerprint density at radius 3 is 2.05 bits per heavy atom. The summed E-state index contributed by atoms with van der Waals surface area (Å²) in [6.45, 7) is 1.53. The monoisotopic (exact) mass is 256 g/mol. The van der Waals surface area contributed by atoms with E-state index in [2.05, 4.69) is 0 Å². The highest BCUT2D eigenvalue weighted by Crippen LogP contribution is 2.28. The third kappa shape index (κ3) is 2.76. The highest BCUT2D eigenvalue weighted by molar-refractivity contribution is 5.97. The topological polar surface area (TPSA) is 35.5 Å². The van der Waals surface area contributed by atoms with Crippen LogP contribution in [-0.2, 0) is 0 Å². The average Bonchev–Trinajstić information content (AvgIpc) is 2.46. The normalized spacial score (nSPS) is 10.1. The van der Waals surface area contributed by atoms with Gasteiger partial charge < -0.3 is 9.47 Å². The number of methoxy groups -OCH3 is 2. The molecule has 0 atom stereocenters. The Labute approximate surface area is 112 Å². The summed E-state index contributed by atoms with van der Waals surface area (Å²) in [5.41, 5.74) is 2.65. The standard InChI is InChI=1S/C16H16O3/c1-11(17)15-9-6-13(10-16(15)19-3)12-4-7-14(18-2)8-5-12/h4-10H,1-3H3. The minimum absolute atomic E-state index is 0.00173. The summed E-state index contributed by atoms with van der Waals surface area (Å²) < 4.78 is 10.4. The van der Waals surface area contributed by atoms with E-state index in [9.17, 15) is 4.79 Å². The molecule has 0 spiro atoms. The van der Waals surface area contributed by atoms with Crippen LogP contribution in [0.25, 0.3) is 11.1 Å². The summed E-state index contributed by atoms with van der Waals surface area (Å²) in [6.07, 6.45) is 0. The molecule has 0 amide bonds. The van der Waals surface area contributed by atoms with Crippen molar-refractivity contribution in [3.05, 3.63) is 48.0 Å². The van der Waals surface area contributed by atoms with Crippen molar-refractivity contribution in [2.75, 3.05) is 14.2 Å². The molecule has 0 radical (unpaired) electrons. The maximum atomic E-state index is 11.5. The van der Waals surface area contributed by atoms with E-state index in [4.69, 9.17) is 9.47 Å². The van der Waals surface area contributed by atoms with Crippen LogP contribution in [0.4, 0.5) is 0 Å². The number of Topliss-reactive ketones (excluding diaryl/α,β-unsaturated/α-hetero) is 1. The van der Waals surface area contributed by atoms with Gasteiger partial charge in [0.2, 0.25) is 0 Å². The molecule has 0 saturated heterocycles. The van der Waals surface area contributed by atoms with Gasteiger partial charge in [0.25, 0.3) is 0 Å². The lowest BCUT2D eigenvalue weighted by atomic mass is 10.0. The van der Waals surface area contributed by atoms with Crippen molar-refractivity contribution in [2.45, 2.75) is 6.92 Å². The third-order valence-corrected chi connectivity index (χ3v) is 3.00. The van der Waals surface area contributed by atoms with E-state index in [-0.39, 0.29) is 5.78 Å². The molecule has 0 aromatic heterocycles. The van der Waals surface area contributed by atoms with E-state index in [1.54, 1.807) is 20.3 Å². The lowest BCUT2D eigenvalue weighted by molar-refractivity contribution is 0.101. The molecule has 0 fully saturated rings. The van der Waals surface area contributed by atoms with Crippen LogP contribution in [0.2, 0.25) is 0 Å². The van der Waals surface area contributed by atoms with Crippen LogP contribution in [-0.4, -0.2) is 20.0 Å². The average molecular weight is 256 g/mol. The van der Waals surface area contributed by atoms with Gasteiger partial charge in [0.1, 0.15) is 11.5 Å². The van der Waals surface area contributed by atoms with Crippen molar-refractivity contribution in [3.63, 3.8) is 0 Å². The molecule has 3 nitrogen and oxygen atoms in total. The number of benzene rings is 2. The quantitative estimate of drug-likeness (QED) is 0.784. The SMILES string of the molecule is COc1ccc(-c2ccc(C(C)=O)c(OC)c2)cc1. The summed E-state index contributed by atoms with van der Waals surface area (Å²) in [5.74, 6) is 1.41. The number of ether oxygens (including phenoxy) is 2. The van der Waals surface area contributed by atoms with Crippen LogP contribution in [0.5, 0.6) is 11.5 Å². The second kappa shape index (κ2) is 5.57. The number of hydrogen-bond acceptors (Lipinski definition) is 3. The fourth-order valence-electron chi connectivity index (χ4n) is 1.95. The Morgan fingerprint density at radius 1 is 0.895 bits per heavy atom. The molecule has 0 aliphatic rings. The van der Waals surface area contributed by atoms with Crippen molar-refractivity contribution in [3.8, 4) is 22.6 Å². The second-order valence-electron chi connectivity index (χ2n) is 4.20. The first-order valence-electron chi connectivity index (χ1n) is 5.99. The maximum Gasteiger partial charge on any atom is 0.163 e. The van der Waals surface area contributed by atoms with Gasteiger partial charge in [-0.3, -0.25) is 4.79 Å². The summed E-state index contributed by atoms with van der Waals surface area (Å²) >= 11 is 0. The molecule has 0 N–H and O–H groups in total. The first-order valence-corrected chi connectivity index (χ1v) is 5.99. The van der Waals surface area contributed by atoms with E-state index >= 15 is 0 Å². The first kappa shape index (κ1) is 13.1. The van der Waals surface area contributed by atoms with Gasteiger partial charge in [-0.05, 0) is 42.3 Å². The lowest BCUT2D eigenvalue weighted by Crippen LogP contribution is -1.97. The van der Waals surface area contributed by atoms with Crippen molar-refractivity contribution >= 4 is 5.78 Å². The summed E-state index contributed by atoms with van der Waals surface area (Å²) in [7, 11) is 3.21. The minimum atomic E-state index is -0.00173. The molecular formula is C16H16O3. The number of ketones is 1. The molecule has 2 rings (SSSR count). The molecule has 2 aromatic rings. The number of rotatable bonds is 4. The molecular weight excluding hydrogens is 240 g/mol. The Balaban J connectivity index is 2.42. The zero-order chi connectivity index (χ0) is 13.8. The second-order valence-corrected chi connectivity index (χ2v) is 4.20. The summed E-state index contributed by atoms with van der Waals surface area (Å²) in [6, 6.07) is 13.3. The lowest BCUT2D eigenvalue weighted by Gasteiger charge is -2.09. The Morgan fingerprint density at radius 2 is 1.53 bits per heavy atom. The smallest absolute Gasteiger partial charge is 0.163 e. The maximum absolute atomic E-state index is 11.5. The van der Waals surface area contributed by atoms with E-state index in [0.717, 1.165) is 16.9 Å². The fourth-order valence-corrected chi connectivity index (χ4v) is 1.95. The van der Waals surface area contributed by atoms with Gasteiger partial charge in [0.15, 0.2) is 5.78 Å². The Bertz CT molecular complexity index is 585. The van der Waals surface area contributed by atoms with E-state index < -0.39 is 0 Å². The molecule has 0 bridgehead atoms. The molecule has 2 aromatic carbocycles. The Hall–Kier alpha value is -2.29. The largest absolute Gasteiger partial charge is 0.497 e. The fraction of sp³-hybridized carbons (Fsp3) is 0.188. The van der Waals surface area contributed by atoms with Gasteiger partial charge in [-0.2, -0.15) is 0 Å². The molecule has 0 aliphatic carbocycles. The molecule has 3 heteroatoms. The number of hydrogen-bond donors (Lipinski definition) is 0. The van der Waals surface area contributed by atoms with Gasteiger partial charge in [-0.15, -0.1) is 0 Å². The van der Waals surface area contributed by atoms with Gasteiger partial charge >= 0.3 is 0 Å². The Kier molecular flexibility index (Phi) is 3.85. The van der Waals surface area contributed by atoms with Crippen LogP contribution in [0.1, 0.15) is 17.3 Å².